The summed E-state index contributed by atoms with van der Waals surface area (Å²) in [5.41, 5.74) is 1.09. The van der Waals surface area contributed by atoms with Gasteiger partial charge in [-0.2, -0.15) is 0 Å². The zero-order valence-corrected chi connectivity index (χ0v) is 17.1. The number of para-hydroxylation sites is 1. The third-order valence-electron chi connectivity index (χ3n) is 5.67. The van der Waals surface area contributed by atoms with E-state index >= 15 is 0 Å². The summed E-state index contributed by atoms with van der Waals surface area (Å²) >= 11 is 0. The summed E-state index contributed by atoms with van der Waals surface area (Å²) in [6, 6.07) is 7.94. The number of carbonyl (C=O) groups excluding carboxylic acids is 2. The smallest absolute Gasteiger partial charge is 0.236 e. The third-order valence-corrected chi connectivity index (χ3v) is 5.67. The van der Waals surface area contributed by atoms with E-state index in [0.717, 1.165) is 50.3 Å². The predicted molar refractivity (Wildman–Crippen MR) is 109 cm³/mol. The first kappa shape index (κ1) is 20.6. The van der Waals surface area contributed by atoms with E-state index in [1.807, 2.05) is 41.0 Å². The van der Waals surface area contributed by atoms with Crippen molar-refractivity contribution in [3.8, 4) is 5.75 Å². The number of likely N-dealkylation sites (tertiary alicyclic amines) is 1. The highest BCUT2D eigenvalue weighted by Crippen LogP contribution is 2.20. The number of nitrogens with zero attached hydrogens (tertiary/aromatic N) is 3. The van der Waals surface area contributed by atoms with Crippen LogP contribution in [0, 0.1) is 0 Å². The molecule has 6 nitrogen and oxygen atoms in total. The maximum Gasteiger partial charge on any atom is 0.236 e. The third kappa shape index (κ3) is 5.71. The molecule has 1 aromatic rings. The van der Waals surface area contributed by atoms with Gasteiger partial charge in [-0.05, 0) is 44.2 Å². The molecular formula is C22H33N3O3. The standard InChI is InChI=1S/C22H33N3O3/c1-2-28-20-9-5-4-8-19(20)10-11-21(26)25-16-14-23(15-17-25)18-22(27)24-12-6-3-7-13-24/h4-5,8-9H,2-3,6-7,10-18H2,1H3. The summed E-state index contributed by atoms with van der Waals surface area (Å²) in [6.45, 7) is 7.87. The second kappa shape index (κ2) is 10.5. The molecule has 6 heteroatoms. The van der Waals surface area contributed by atoms with Crippen LogP contribution in [0.5, 0.6) is 5.75 Å². The molecule has 2 fully saturated rings. The van der Waals surface area contributed by atoms with Crippen LogP contribution < -0.4 is 4.74 Å². The number of hydrogen-bond acceptors (Lipinski definition) is 4. The highest BCUT2D eigenvalue weighted by molar-refractivity contribution is 5.78. The first-order chi connectivity index (χ1) is 13.7. The Kier molecular flexibility index (Phi) is 7.71. The van der Waals surface area contributed by atoms with Crippen LogP contribution in [0.25, 0.3) is 0 Å². The fraction of sp³-hybridized carbons (Fsp3) is 0.636. The lowest BCUT2D eigenvalue weighted by molar-refractivity contribution is -0.135. The molecule has 0 N–H and O–H groups in total. The van der Waals surface area contributed by atoms with E-state index < -0.39 is 0 Å². The molecule has 28 heavy (non-hydrogen) atoms. The maximum atomic E-state index is 12.6. The summed E-state index contributed by atoms with van der Waals surface area (Å²) in [6.07, 6.45) is 4.68. The van der Waals surface area contributed by atoms with Gasteiger partial charge in [-0.25, -0.2) is 0 Å². The molecule has 0 unspecified atom stereocenters. The van der Waals surface area contributed by atoms with E-state index in [1.54, 1.807) is 0 Å². The quantitative estimate of drug-likeness (QED) is 0.720. The number of amides is 2. The molecule has 1 aromatic carbocycles. The molecule has 2 aliphatic heterocycles. The average molecular weight is 388 g/mol. The normalized spacial score (nSPS) is 18.2. The molecule has 0 atom stereocenters. The molecule has 0 aliphatic carbocycles. The molecule has 0 bridgehead atoms. The zero-order valence-electron chi connectivity index (χ0n) is 17.1. The van der Waals surface area contributed by atoms with Crippen molar-refractivity contribution in [1.29, 1.82) is 0 Å². The molecule has 2 heterocycles. The van der Waals surface area contributed by atoms with Crippen molar-refractivity contribution >= 4 is 11.8 Å². The monoisotopic (exact) mass is 387 g/mol. The Bertz CT molecular complexity index is 650. The molecule has 3 rings (SSSR count). The number of rotatable bonds is 7. The van der Waals surface area contributed by atoms with Gasteiger partial charge in [0.05, 0.1) is 13.2 Å². The van der Waals surface area contributed by atoms with Crippen LogP contribution in [0.15, 0.2) is 24.3 Å². The summed E-state index contributed by atoms with van der Waals surface area (Å²) < 4.78 is 5.65. The lowest BCUT2D eigenvalue weighted by atomic mass is 10.1. The minimum atomic E-state index is 0.188. The van der Waals surface area contributed by atoms with Gasteiger partial charge in [0.15, 0.2) is 0 Å². The lowest BCUT2D eigenvalue weighted by Crippen LogP contribution is -2.52. The Hall–Kier alpha value is -2.08. The first-order valence-corrected chi connectivity index (χ1v) is 10.7. The predicted octanol–water partition coefficient (Wildman–Crippen LogP) is 2.17. The van der Waals surface area contributed by atoms with Gasteiger partial charge in [0.25, 0.3) is 0 Å². The summed E-state index contributed by atoms with van der Waals surface area (Å²) in [5.74, 6) is 1.30. The van der Waals surface area contributed by atoms with Crippen molar-refractivity contribution in [1.82, 2.24) is 14.7 Å². The van der Waals surface area contributed by atoms with Crippen molar-refractivity contribution < 1.29 is 14.3 Å². The first-order valence-electron chi connectivity index (χ1n) is 10.7. The van der Waals surface area contributed by atoms with E-state index in [4.69, 9.17) is 4.74 Å². The molecule has 154 valence electrons. The zero-order chi connectivity index (χ0) is 19.8. The highest BCUT2D eigenvalue weighted by Gasteiger charge is 2.24. The number of aryl methyl sites for hydroxylation is 1. The Labute approximate surface area is 168 Å². The molecular weight excluding hydrogens is 354 g/mol. The second-order valence-electron chi connectivity index (χ2n) is 7.64. The molecule has 2 aliphatic rings. The summed E-state index contributed by atoms with van der Waals surface area (Å²) in [4.78, 5) is 31.1. The fourth-order valence-electron chi connectivity index (χ4n) is 4.00. The molecule has 0 radical (unpaired) electrons. The van der Waals surface area contributed by atoms with Gasteiger partial charge >= 0.3 is 0 Å². The minimum absolute atomic E-state index is 0.188. The fourth-order valence-corrected chi connectivity index (χ4v) is 4.00. The molecule has 0 aromatic heterocycles. The van der Waals surface area contributed by atoms with Crippen molar-refractivity contribution in [2.45, 2.75) is 39.0 Å². The Morgan fingerprint density at radius 3 is 2.29 bits per heavy atom. The van der Waals surface area contributed by atoms with Gasteiger partial charge in [0.2, 0.25) is 11.8 Å². The van der Waals surface area contributed by atoms with E-state index in [2.05, 4.69) is 4.90 Å². The van der Waals surface area contributed by atoms with Gasteiger partial charge in [0.1, 0.15) is 5.75 Å². The van der Waals surface area contributed by atoms with Crippen LogP contribution >= 0.6 is 0 Å². The van der Waals surface area contributed by atoms with Crippen LogP contribution in [0.2, 0.25) is 0 Å². The largest absolute Gasteiger partial charge is 0.494 e. The number of hydrogen-bond donors (Lipinski definition) is 0. The van der Waals surface area contributed by atoms with Crippen molar-refractivity contribution in [2.24, 2.45) is 0 Å². The van der Waals surface area contributed by atoms with Gasteiger partial charge < -0.3 is 14.5 Å². The molecule has 2 amide bonds. The minimum Gasteiger partial charge on any atom is -0.494 e. The van der Waals surface area contributed by atoms with Crippen molar-refractivity contribution in [3.05, 3.63) is 29.8 Å². The second-order valence-corrected chi connectivity index (χ2v) is 7.64. The summed E-state index contributed by atoms with van der Waals surface area (Å²) in [5, 5.41) is 0. The van der Waals surface area contributed by atoms with Crippen LogP contribution in [0.3, 0.4) is 0 Å². The average Bonchev–Trinajstić information content (AvgIpc) is 2.74. The molecule has 0 spiro atoms. The van der Waals surface area contributed by atoms with Crippen LogP contribution in [0.4, 0.5) is 0 Å². The van der Waals surface area contributed by atoms with Crippen LogP contribution in [-0.2, 0) is 16.0 Å². The molecule has 2 saturated heterocycles. The van der Waals surface area contributed by atoms with E-state index in [9.17, 15) is 9.59 Å². The lowest BCUT2D eigenvalue weighted by Gasteiger charge is -2.36. The number of ether oxygens (including phenoxy) is 1. The summed E-state index contributed by atoms with van der Waals surface area (Å²) in [7, 11) is 0. The van der Waals surface area contributed by atoms with Crippen LogP contribution in [-0.4, -0.2) is 78.9 Å². The number of piperidine rings is 1. The number of piperazine rings is 1. The van der Waals surface area contributed by atoms with Gasteiger partial charge in [-0.15, -0.1) is 0 Å². The van der Waals surface area contributed by atoms with Crippen LogP contribution in [0.1, 0.15) is 38.2 Å². The number of benzene rings is 1. The SMILES string of the molecule is CCOc1ccccc1CCC(=O)N1CCN(CC(=O)N2CCCCC2)CC1. The van der Waals surface area contributed by atoms with Gasteiger partial charge in [0, 0.05) is 45.7 Å². The maximum absolute atomic E-state index is 12.6. The molecule has 0 saturated carbocycles. The number of carbonyl (C=O) groups is 2. The van der Waals surface area contributed by atoms with Crippen molar-refractivity contribution in [2.75, 3.05) is 52.4 Å². The van der Waals surface area contributed by atoms with Gasteiger partial charge in [-0.3, -0.25) is 14.5 Å². The van der Waals surface area contributed by atoms with E-state index in [0.29, 0.717) is 39.1 Å². The van der Waals surface area contributed by atoms with E-state index in [1.165, 1.54) is 6.42 Å². The van der Waals surface area contributed by atoms with E-state index in [-0.39, 0.29) is 11.8 Å². The Morgan fingerprint density at radius 2 is 1.57 bits per heavy atom. The topological polar surface area (TPSA) is 53.1 Å². The van der Waals surface area contributed by atoms with Crippen molar-refractivity contribution in [3.63, 3.8) is 0 Å². The Balaban J connectivity index is 1.41. The van der Waals surface area contributed by atoms with Gasteiger partial charge in [-0.1, -0.05) is 18.2 Å². The Morgan fingerprint density at radius 1 is 0.893 bits per heavy atom. The highest BCUT2D eigenvalue weighted by atomic mass is 16.5.